The zero-order chi connectivity index (χ0) is 20.6. The van der Waals surface area contributed by atoms with E-state index < -0.39 is 0 Å². The van der Waals surface area contributed by atoms with Gasteiger partial charge in [0.1, 0.15) is 0 Å². The summed E-state index contributed by atoms with van der Waals surface area (Å²) in [7, 11) is 1.70. The van der Waals surface area contributed by atoms with Crippen LogP contribution in [0.25, 0.3) is 5.69 Å². The van der Waals surface area contributed by atoms with Crippen molar-refractivity contribution in [2.24, 2.45) is 4.99 Å². The molecular weight excluding hydrogens is 479 g/mol. The molecule has 0 radical (unpaired) electrons. The van der Waals surface area contributed by atoms with E-state index in [1.54, 1.807) is 7.05 Å². The average Bonchev–Trinajstić information content (AvgIpc) is 3.01. The van der Waals surface area contributed by atoms with Gasteiger partial charge in [-0.1, -0.05) is 18.2 Å². The highest BCUT2D eigenvalue weighted by atomic mass is 127. The summed E-state index contributed by atoms with van der Waals surface area (Å²) in [6.45, 7) is 8.87. The number of carbonyl (C=O) groups excluding carboxylic acids is 1. The van der Waals surface area contributed by atoms with E-state index in [1.165, 1.54) is 5.56 Å². The van der Waals surface area contributed by atoms with E-state index in [0.29, 0.717) is 5.96 Å². The summed E-state index contributed by atoms with van der Waals surface area (Å²) < 4.78 is 1.92. The largest absolute Gasteiger partial charge is 0.356 e. The Labute approximate surface area is 190 Å². The molecule has 0 unspecified atom stereocenters. The van der Waals surface area contributed by atoms with Crippen molar-refractivity contribution in [2.45, 2.75) is 46.1 Å². The number of aliphatic imine (C=N–C) groups is 1. The number of benzene rings is 1. The van der Waals surface area contributed by atoms with E-state index in [1.807, 2.05) is 62.7 Å². The van der Waals surface area contributed by atoms with Crippen LogP contribution in [0, 0.1) is 6.92 Å². The van der Waals surface area contributed by atoms with Crippen LogP contribution >= 0.6 is 24.0 Å². The van der Waals surface area contributed by atoms with Crippen LogP contribution in [0.4, 0.5) is 0 Å². The molecule has 3 N–H and O–H groups in total. The Morgan fingerprint density at radius 3 is 2.48 bits per heavy atom. The smallest absolute Gasteiger partial charge is 0.239 e. The number of halogens is 1. The standard InChI is InChI=1S/C21H32N6O.HI/c1-16-17(15-27(26-16)18-11-7-6-8-12-18)10-9-13-23-20(22-5)24-14-19(28)25-21(2,3)4;/h6-8,11-12,15H,9-10,13-14H2,1-5H3,(H,25,28)(H2,22,23,24);1H. The third-order valence-corrected chi connectivity index (χ3v) is 4.09. The lowest BCUT2D eigenvalue weighted by Crippen LogP contribution is -2.48. The summed E-state index contributed by atoms with van der Waals surface area (Å²) in [5.74, 6) is 0.570. The molecule has 7 nitrogen and oxygen atoms in total. The van der Waals surface area contributed by atoms with Crippen LogP contribution in [0.2, 0.25) is 0 Å². The molecular formula is C21H33IN6O. The minimum absolute atomic E-state index is 0. The first kappa shape index (κ1) is 24.9. The second-order valence-corrected chi connectivity index (χ2v) is 7.77. The predicted octanol–water partition coefficient (Wildman–Crippen LogP) is 2.81. The fraction of sp³-hybridized carbons (Fsp3) is 0.476. The highest BCUT2D eigenvalue weighted by molar-refractivity contribution is 14.0. The van der Waals surface area contributed by atoms with Gasteiger partial charge in [-0.15, -0.1) is 24.0 Å². The van der Waals surface area contributed by atoms with E-state index in [4.69, 9.17) is 0 Å². The number of rotatable bonds is 7. The molecule has 1 heterocycles. The summed E-state index contributed by atoms with van der Waals surface area (Å²) in [6.07, 6.45) is 3.96. The molecule has 2 aromatic rings. The van der Waals surface area contributed by atoms with Crippen LogP contribution in [0.5, 0.6) is 0 Å². The number of aromatic nitrogens is 2. The van der Waals surface area contributed by atoms with Gasteiger partial charge in [-0.05, 0) is 58.2 Å². The molecule has 8 heteroatoms. The minimum atomic E-state index is -0.238. The summed E-state index contributed by atoms with van der Waals surface area (Å²) >= 11 is 0. The lowest BCUT2D eigenvalue weighted by Gasteiger charge is -2.21. The number of amides is 1. The lowest BCUT2D eigenvalue weighted by molar-refractivity contribution is -0.121. The molecule has 0 fully saturated rings. The average molecular weight is 512 g/mol. The molecule has 0 aliphatic carbocycles. The number of carbonyl (C=O) groups is 1. The quantitative estimate of drug-likeness (QED) is 0.231. The molecule has 0 saturated heterocycles. The molecule has 1 aromatic heterocycles. The Hall–Kier alpha value is -2.10. The summed E-state index contributed by atoms with van der Waals surface area (Å²) in [5.41, 5.74) is 3.11. The first-order valence-electron chi connectivity index (χ1n) is 9.64. The highest BCUT2D eigenvalue weighted by Gasteiger charge is 2.13. The van der Waals surface area contributed by atoms with Crippen molar-refractivity contribution in [1.82, 2.24) is 25.7 Å². The van der Waals surface area contributed by atoms with Crippen LogP contribution in [0.3, 0.4) is 0 Å². The molecule has 160 valence electrons. The van der Waals surface area contributed by atoms with Crippen molar-refractivity contribution in [1.29, 1.82) is 0 Å². The van der Waals surface area contributed by atoms with Gasteiger partial charge in [0, 0.05) is 25.3 Å². The Morgan fingerprint density at radius 2 is 1.86 bits per heavy atom. The van der Waals surface area contributed by atoms with Crippen molar-refractivity contribution in [3.8, 4) is 5.69 Å². The van der Waals surface area contributed by atoms with Crippen LogP contribution in [0.1, 0.15) is 38.4 Å². The highest BCUT2D eigenvalue weighted by Crippen LogP contribution is 2.13. The number of hydrogen-bond donors (Lipinski definition) is 3. The number of nitrogens with one attached hydrogen (secondary N) is 3. The number of aryl methyl sites for hydroxylation is 2. The molecule has 0 aliphatic rings. The normalized spacial score (nSPS) is 11.6. The Morgan fingerprint density at radius 1 is 1.17 bits per heavy atom. The maximum absolute atomic E-state index is 11.9. The fourth-order valence-corrected chi connectivity index (χ4v) is 2.79. The topological polar surface area (TPSA) is 83.3 Å². The molecule has 0 aliphatic heterocycles. The fourth-order valence-electron chi connectivity index (χ4n) is 2.79. The van der Waals surface area contributed by atoms with Crippen molar-refractivity contribution in [3.63, 3.8) is 0 Å². The van der Waals surface area contributed by atoms with E-state index >= 15 is 0 Å². The monoisotopic (exact) mass is 512 g/mol. The first-order chi connectivity index (χ1) is 13.3. The van der Waals surface area contributed by atoms with Crippen LogP contribution in [0.15, 0.2) is 41.5 Å². The zero-order valence-corrected chi connectivity index (χ0v) is 20.3. The van der Waals surface area contributed by atoms with Crippen molar-refractivity contribution in [3.05, 3.63) is 47.8 Å². The maximum Gasteiger partial charge on any atom is 0.239 e. The number of para-hydroxylation sites is 1. The summed E-state index contributed by atoms with van der Waals surface area (Å²) in [5, 5.41) is 13.8. The Kier molecular flexibility index (Phi) is 10.1. The van der Waals surface area contributed by atoms with Gasteiger partial charge in [0.25, 0.3) is 0 Å². The van der Waals surface area contributed by atoms with Gasteiger partial charge in [-0.3, -0.25) is 9.79 Å². The first-order valence-corrected chi connectivity index (χ1v) is 9.64. The van der Waals surface area contributed by atoms with Crippen LogP contribution < -0.4 is 16.0 Å². The molecule has 29 heavy (non-hydrogen) atoms. The number of guanidine groups is 1. The van der Waals surface area contributed by atoms with E-state index in [0.717, 1.165) is 30.8 Å². The second kappa shape index (κ2) is 11.8. The van der Waals surface area contributed by atoms with Crippen molar-refractivity contribution < 1.29 is 4.79 Å². The molecule has 0 spiro atoms. The SMILES string of the molecule is CN=C(NCCCc1cn(-c2ccccc2)nc1C)NCC(=O)NC(C)(C)C.I. The van der Waals surface area contributed by atoms with E-state index in [2.05, 4.69) is 32.2 Å². The zero-order valence-electron chi connectivity index (χ0n) is 18.0. The van der Waals surface area contributed by atoms with Crippen molar-refractivity contribution in [2.75, 3.05) is 20.1 Å². The molecule has 0 saturated carbocycles. The van der Waals surface area contributed by atoms with Gasteiger partial charge in [-0.25, -0.2) is 4.68 Å². The molecule has 1 amide bonds. The third-order valence-electron chi connectivity index (χ3n) is 4.09. The van der Waals surface area contributed by atoms with Gasteiger partial charge in [0.2, 0.25) is 5.91 Å². The number of hydrogen-bond acceptors (Lipinski definition) is 3. The van der Waals surface area contributed by atoms with E-state index in [9.17, 15) is 4.79 Å². The molecule has 1 aromatic carbocycles. The predicted molar refractivity (Wildman–Crippen MR) is 129 cm³/mol. The minimum Gasteiger partial charge on any atom is -0.356 e. The van der Waals surface area contributed by atoms with Gasteiger partial charge < -0.3 is 16.0 Å². The van der Waals surface area contributed by atoms with E-state index in [-0.39, 0.29) is 42.0 Å². The molecule has 2 rings (SSSR count). The van der Waals surface area contributed by atoms with Gasteiger partial charge in [0.15, 0.2) is 5.96 Å². The second-order valence-electron chi connectivity index (χ2n) is 7.77. The maximum atomic E-state index is 11.9. The lowest BCUT2D eigenvalue weighted by atomic mass is 10.1. The van der Waals surface area contributed by atoms with Crippen LogP contribution in [-0.2, 0) is 11.2 Å². The molecule has 0 atom stereocenters. The Balaban J connectivity index is 0.00000420. The summed E-state index contributed by atoms with van der Waals surface area (Å²) in [4.78, 5) is 16.0. The van der Waals surface area contributed by atoms with Gasteiger partial charge in [-0.2, -0.15) is 5.10 Å². The Bertz CT molecular complexity index is 795. The number of nitrogens with zero attached hydrogens (tertiary/aromatic N) is 3. The van der Waals surface area contributed by atoms with Crippen LogP contribution in [-0.4, -0.2) is 47.3 Å². The summed E-state index contributed by atoms with van der Waals surface area (Å²) in [6, 6.07) is 10.1. The molecule has 0 bridgehead atoms. The third kappa shape index (κ3) is 8.84. The van der Waals surface area contributed by atoms with Gasteiger partial charge in [0.05, 0.1) is 17.9 Å². The van der Waals surface area contributed by atoms with Crippen molar-refractivity contribution >= 4 is 35.8 Å². The van der Waals surface area contributed by atoms with Gasteiger partial charge >= 0.3 is 0 Å².